The van der Waals surface area contributed by atoms with Gasteiger partial charge in [-0.25, -0.2) is 9.79 Å². The molecule has 160 valence electrons. The standard InChI is InChI=1S/C25H26N2O4/c1-17-8-4-5-9-19(17)21-15-24(28)31-23-14-18(10-11-20(21)23)26-22(16-30-2)25(29)27-12-6-3-7-13-27/h4-5,8-11,14-15H,3,6-7,12-13,16H2,1-2H3. The fourth-order valence-electron chi connectivity index (χ4n) is 4.03. The van der Waals surface area contributed by atoms with E-state index in [4.69, 9.17) is 9.15 Å². The third-order valence-electron chi connectivity index (χ3n) is 5.60. The van der Waals surface area contributed by atoms with Crippen molar-refractivity contribution >= 4 is 28.3 Å². The number of carbonyl (C=O) groups is 1. The fraction of sp³-hybridized carbons (Fsp3) is 0.320. The molecule has 2 heterocycles. The van der Waals surface area contributed by atoms with E-state index in [1.165, 1.54) is 6.07 Å². The normalized spacial score (nSPS) is 14.8. The van der Waals surface area contributed by atoms with Crippen molar-refractivity contribution in [3.8, 4) is 11.1 Å². The van der Waals surface area contributed by atoms with Gasteiger partial charge in [0.1, 0.15) is 11.3 Å². The maximum Gasteiger partial charge on any atom is 0.336 e. The highest BCUT2D eigenvalue weighted by atomic mass is 16.5. The number of hydrogen-bond donors (Lipinski definition) is 0. The number of amides is 1. The Morgan fingerprint density at radius 3 is 2.58 bits per heavy atom. The number of aliphatic imine (C=N–C) groups is 1. The molecule has 1 saturated heterocycles. The van der Waals surface area contributed by atoms with Crippen LogP contribution in [-0.2, 0) is 9.53 Å². The molecule has 0 N–H and O–H groups in total. The van der Waals surface area contributed by atoms with Crippen LogP contribution in [0.1, 0.15) is 24.8 Å². The van der Waals surface area contributed by atoms with Crippen molar-refractivity contribution in [3.63, 3.8) is 0 Å². The van der Waals surface area contributed by atoms with E-state index in [1.807, 2.05) is 48.2 Å². The van der Waals surface area contributed by atoms with Crippen LogP contribution in [-0.4, -0.2) is 43.3 Å². The first kappa shape index (κ1) is 21.0. The van der Waals surface area contributed by atoms with Gasteiger partial charge >= 0.3 is 5.63 Å². The molecule has 1 aliphatic heterocycles. The lowest BCUT2D eigenvalue weighted by Crippen LogP contribution is -2.41. The summed E-state index contributed by atoms with van der Waals surface area (Å²) in [6, 6.07) is 14.9. The predicted octanol–water partition coefficient (Wildman–Crippen LogP) is 4.50. The Labute approximate surface area is 181 Å². The van der Waals surface area contributed by atoms with Crippen molar-refractivity contribution in [2.75, 3.05) is 26.8 Å². The Kier molecular flexibility index (Phi) is 6.28. The first-order valence-electron chi connectivity index (χ1n) is 10.6. The van der Waals surface area contributed by atoms with Crippen molar-refractivity contribution in [1.29, 1.82) is 0 Å². The third kappa shape index (κ3) is 4.59. The van der Waals surface area contributed by atoms with Crippen molar-refractivity contribution in [2.24, 2.45) is 4.99 Å². The molecule has 4 rings (SSSR count). The van der Waals surface area contributed by atoms with E-state index in [2.05, 4.69) is 4.99 Å². The van der Waals surface area contributed by atoms with Crippen molar-refractivity contribution in [3.05, 3.63) is 64.5 Å². The van der Waals surface area contributed by atoms with Crippen LogP contribution in [0.3, 0.4) is 0 Å². The number of aryl methyl sites for hydroxylation is 1. The second-order valence-electron chi connectivity index (χ2n) is 7.82. The molecule has 6 heteroatoms. The Morgan fingerprint density at radius 2 is 1.84 bits per heavy atom. The monoisotopic (exact) mass is 418 g/mol. The summed E-state index contributed by atoms with van der Waals surface area (Å²) < 4.78 is 10.7. The van der Waals surface area contributed by atoms with Gasteiger partial charge in [0.25, 0.3) is 5.91 Å². The smallest absolute Gasteiger partial charge is 0.336 e. The first-order valence-corrected chi connectivity index (χ1v) is 10.6. The van der Waals surface area contributed by atoms with Gasteiger partial charge in [0.05, 0.1) is 12.3 Å². The van der Waals surface area contributed by atoms with Crippen molar-refractivity contribution in [2.45, 2.75) is 26.2 Å². The zero-order valence-corrected chi connectivity index (χ0v) is 17.9. The zero-order valence-electron chi connectivity index (χ0n) is 17.9. The SMILES string of the molecule is COCC(=Nc1ccc2c(-c3ccccc3C)cc(=O)oc2c1)C(=O)N1CCCCC1. The van der Waals surface area contributed by atoms with E-state index in [-0.39, 0.29) is 12.5 Å². The average Bonchev–Trinajstić information content (AvgIpc) is 2.78. The van der Waals surface area contributed by atoms with Gasteiger partial charge in [-0.15, -0.1) is 0 Å². The third-order valence-corrected chi connectivity index (χ3v) is 5.60. The summed E-state index contributed by atoms with van der Waals surface area (Å²) in [5.41, 5.74) is 3.79. The molecule has 1 aromatic heterocycles. The van der Waals surface area contributed by atoms with E-state index in [0.717, 1.165) is 54.4 Å². The first-order chi connectivity index (χ1) is 15.1. The van der Waals surface area contributed by atoms with Crippen molar-refractivity contribution < 1.29 is 13.9 Å². The Morgan fingerprint density at radius 1 is 1.06 bits per heavy atom. The van der Waals surface area contributed by atoms with Crippen LogP contribution in [0.4, 0.5) is 5.69 Å². The van der Waals surface area contributed by atoms with Gasteiger partial charge in [-0.1, -0.05) is 24.3 Å². The van der Waals surface area contributed by atoms with Crippen LogP contribution in [0.25, 0.3) is 22.1 Å². The molecule has 0 spiro atoms. The summed E-state index contributed by atoms with van der Waals surface area (Å²) in [7, 11) is 1.55. The van der Waals surface area contributed by atoms with E-state index in [9.17, 15) is 9.59 Å². The van der Waals surface area contributed by atoms with E-state index in [0.29, 0.717) is 17.0 Å². The number of likely N-dealkylation sites (tertiary alicyclic amines) is 1. The molecule has 2 aromatic carbocycles. The predicted molar refractivity (Wildman–Crippen MR) is 122 cm³/mol. The summed E-state index contributed by atoms with van der Waals surface area (Å²) >= 11 is 0. The summed E-state index contributed by atoms with van der Waals surface area (Å²) in [6.07, 6.45) is 3.16. The zero-order chi connectivity index (χ0) is 21.8. The maximum absolute atomic E-state index is 12.9. The maximum atomic E-state index is 12.9. The second-order valence-corrected chi connectivity index (χ2v) is 7.82. The van der Waals surface area contributed by atoms with E-state index in [1.54, 1.807) is 13.2 Å². The molecule has 31 heavy (non-hydrogen) atoms. The highest BCUT2D eigenvalue weighted by Gasteiger charge is 2.22. The number of piperidine rings is 1. The number of benzene rings is 2. The summed E-state index contributed by atoms with van der Waals surface area (Å²) in [6.45, 7) is 3.63. The van der Waals surface area contributed by atoms with Crippen LogP contribution in [0.2, 0.25) is 0 Å². The minimum Gasteiger partial charge on any atom is -0.423 e. The molecular formula is C25H26N2O4. The summed E-state index contributed by atoms with van der Waals surface area (Å²) in [5, 5.41) is 0.823. The summed E-state index contributed by atoms with van der Waals surface area (Å²) in [4.78, 5) is 31.6. The average molecular weight is 418 g/mol. The van der Waals surface area contributed by atoms with Crippen LogP contribution in [0, 0.1) is 6.92 Å². The largest absolute Gasteiger partial charge is 0.423 e. The molecule has 0 saturated carbocycles. The molecule has 0 bridgehead atoms. The van der Waals surface area contributed by atoms with Gasteiger partial charge in [-0.2, -0.15) is 0 Å². The Balaban J connectivity index is 1.75. The highest BCUT2D eigenvalue weighted by Crippen LogP contribution is 2.31. The highest BCUT2D eigenvalue weighted by molar-refractivity contribution is 6.40. The molecule has 1 aliphatic rings. The molecule has 1 amide bonds. The number of fused-ring (bicyclic) bond motifs is 1. The van der Waals surface area contributed by atoms with Gasteiger partial charge in [0.2, 0.25) is 0 Å². The molecule has 1 fully saturated rings. The van der Waals surface area contributed by atoms with Crippen LogP contribution in [0.5, 0.6) is 0 Å². The number of carbonyl (C=O) groups excluding carboxylic acids is 1. The van der Waals surface area contributed by atoms with Gasteiger partial charge in [0.15, 0.2) is 0 Å². The van der Waals surface area contributed by atoms with Gasteiger partial charge in [0, 0.05) is 43.3 Å². The number of nitrogens with zero attached hydrogens (tertiary/aromatic N) is 2. The molecule has 3 aromatic rings. The van der Waals surface area contributed by atoms with Crippen molar-refractivity contribution in [1.82, 2.24) is 4.90 Å². The van der Waals surface area contributed by atoms with Gasteiger partial charge < -0.3 is 14.1 Å². The number of rotatable bonds is 5. The minimum atomic E-state index is -0.423. The van der Waals surface area contributed by atoms with Gasteiger partial charge in [-0.3, -0.25) is 4.79 Å². The lowest BCUT2D eigenvalue weighted by Gasteiger charge is -2.27. The van der Waals surface area contributed by atoms with Gasteiger partial charge in [-0.05, 0) is 49.4 Å². The lowest BCUT2D eigenvalue weighted by molar-refractivity contribution is -0.125. The quantitative estimate of drug-likeness (QED) is 0.452. The van der Waals surface area contributed by atoms with E-state index >= 15 is 0 Å². The number of ether oxygens (including phenoxy) is 1. The minimum absolute atomic E-state index is 0.100. The van der Waals surface area contributed by atoms with Crippen LogP contribution < -0.4 is 5.63 Å². The van der Waals surface area contributed by atoms with Crippen LogP contribution >= 0.6 is 0 Å². The fourth-order valence-corrected chi connectivity index (χ4v) is 4.03. The molecule has 6 nitrogen and oxygen atoms in total. The summed E-state index contributed by atoms with van der Waals surface area (Å²) in [5.74, 6) is -0.100. The van der Waals surface area contributed by atoms with Crippen LogP contribution in [0.15, 0.2) is 62.7 Å². The molecule has 0 unspecified atom stereocenters. The number of methoxy groups -OCH3 is 1. The lowest BCUT2D eigenvalue weighted by atomic mass is 9.98. The molecular weight excluding hydrogens is 392 g/mol. The molecule has 0 aliphatic carbocycles. The Bertz CT molecular complexity index is 1190. The number of hydrogen-bond acceptors (Lipinski definition) is 5. The molecule has 0 radical (unpaired) electrons. The molecule has 0 atom stereocenters. The topological polar surface area (TPSA) is 72.1 Å². The van der Waals surface area contributed by atoms with E-state index < -0.39 is 5.63 Å². The Hall–Kier alpha value is -3.25. The second kappa shape index (κ2) is 9.27.